The molecule has 0 radical (unpaired) electrons. The number of likely N-dealkylation sites (tertiary alicyclic amines) is 1. The highest BCUT2D eigenvalue weighted by Crippen LogP contribution is 2.43. The van der Waals surface area contributed by atoms with Gasteiger partial charge in [0.15, 0.2) is 5.79 Å². The Morgan fingerprint density at radius 1 is 1.06 bits per heavy atom. The predicted octanol–water partition coefficient (Wildman–Crippen LogP) is 3.63. The van der Waals surface area contributed by atoms with Crippen LogP contribution in [0.1, 0.15) is 29.5 Å². The van der Waals surface area contributed by atoms with Crippen molar-refractivity contribution in [3.8, 4) is 0 Å². The summed E-state index contributed by atoms with van der Waals surface area (Å²) < 4.78 is 12.2. The molecule has 174 valence electrons. The average Bonchev–Trinajstić information content (AvgIpc) is 3.24. The van der Waals surface area contributed by atoms with Gasteiger partial charge < -0.3 is 24.8 Å². The third-order valence-corrected chi connectivity index (χ3v) is 7.29. The second-order valence-electron chi connectivity index (χ2n) is 8.80. The molecule has 3 aliphatic rings. The van der Waals surface area contributed by atoms with Crippen LogP contribution < -0.4 is 10.2 Å². The molecule has 3 heterocycles. The third-order valence-electron chi connectivity index (χ3n) is 6.80. The van der Waals surface area contributed by atoms with E-state index >= 15 is 0 Å². The zero-order chi connectivity index (χ0) is 23.4. The minimum absolute atomic E-state index is 0.313. The first-order chi connectivity index (χ1) is 15.7. The number of urea groups is 1. The van der Waals surface area contributed by atoms with Crippen LogP contribution in [0.3, 0.4) is 0 Å². The molecule has 0 saturated carbocycles. The van der Waals surface area contributed by atoms with Crippen molar-refractivity contribution in [1.29, 1.82) is 0 Å². The molecule has 9 heteroatoms. The van der Waals surface area contributed by atoms with Crippen molar-refractivity contribution in [3.63, 3.8) is 0 Å². The number of benzene rings is 2. The Hall–Kier alpha value is -2.46. The minimum Gasteiger partial charge on any atom is -0.359 e. The summed E-state index contributed by atoms with van der Waals surface area (Å²) in [5, 5.41) is 15.0. The standard InChI is InChI=1S/C24H26BrN3O5/c1-15-3-5-18(13-16(15)2)28-22(30)26-20-6-4-17(25)14-19(20)24(28,31)21(29)27-9-7-23(8-10-27)32-11-12-33-23/h3-6,13-14,31H,7-12H2,1-2H3,(H,26,30)/t24-/m0/s1. The second-order valence-corrected chi connectivity index (χ2v) is 9.71. The normalized spacial score (nSPS) is 24.1. The van der Waals surface area contributed by atoms with Gasteiger partial charge in [0.1, 0.15) is 0 Å². The van der Waals surface area contributed by atoms with Crippen LogP contribution in [0.5, 0.6) is 0 Å². The molecular formula is C24H26BrN3O5. The van der Waals surface area contributed by atoms with Gasteiger partial charge in [-0.15, -0.1) is 0 Å². The maximum Gasteiger partial charge on any atom is 0.329 e. The number of rotatable bonds is 2. The van der Waals surface area contributed by atoms with Crippen LogP contribution in [0.4, 0.5) is 16.2 Å². The SMILES string of the molecule is Cc1ccc(N2C(=O)Nc3ccc(Br)cc3[C@]2(O)C(=O)N2CCC3(CC2)OCCO3)cc1C. The number of aliphatic hydroxyl groups is 1. The van der Waals surface area contributed by atoms with Crippen molar-refractivity contribution in [2.24, 2.45) is 0 Å². The lowest BCUT2D eigenvalue weighted by atomic mass is 9.92. The molecule has 1 atom stereocenters. The summed E-state index contributed by atoms with van der Waals surface area (Å²) in [5.74, 6) is -1.21. The Bertz CT molecular complexity index is 1120. The van der Waals surface area contributed by atoms with Gasteiger partial charge in [0, 0.05) is 41.7 Å². The van der Waals surface area contributed by atoms with Gasteiger partial charge in [-0.2, -0.15) is 0 Å². The van der Waals surface area contributed by atoms with Gasteiger partial charge in [-0.25, -0.2) is 4.79 Å². The van der Waals surface area contributed by atoms with Gasteiger partial charge in [-0.05, 0) is 55.3 Å². The summed E-state index contributed by atoms with van der Waals surface area (Å²) in [6, 6.07) is 9.97. The fourth-order valence-corrected chi connectivity index (χ4v) is 5.15. The minimum atomic E-state index is -2.22. The van der Waals surface area contributed by atoms with E-state index in [2.05, 4.69) is 21.2 Å². The van der Waals surface area contributed by atoms with E-state index in [1.807, 2.05) is 26.0 Å². The molecule has 3 amide bonds. The number of aryl methyl sites for hydroxylation is 2. The van der Waals surface area contributed by atoms with E-state index in [0.717, 1.165) is 16.0 Å². The van der Waals surface area contributed by atoms with E-state index in [0.29, 0.717) is 60.6 Å². The van der Waals surface area contributed by atoms with Gasteiger partial charge in [-0.1, -0.05) is 22.0 Å². The van der Waals surface area contributed by atoms with Crippen LogP contribution in [0.2, 0.25) is 0 Å². The zero-order valence-electron chi connectivity index (χ0n) is 18.6. The maximum absolute atomic E-state index is 14.0. The predicted molar refractivity (Wildman–Crippen MR) is 126 cm³/mol. The Labute approximate surface area is 200 Å². The molecular weight excluding hydrogens is 490 g/mol. The first-order valence-electron chi connectivity index (χ1n) is 11.0. The summed E-state index contributed by atoms with van der Waals surface area (Å²) >= 11 is 3.44. The molecule has 0 unspecified atom stereocenters. The maximum atomic E-state index is 14.0. The number of nitrogens with one attached hydrogen (secondary N) is 1. The van der Waals surface area contributed by atoms with Crippen molar-refractivity contribution in [2.75, 3.05) is 36.5 Å². The zero-order valence-corrected chi connectivity index (χ0v) is 20.1. The number of anilines is 2. The van der Waals surface area contributed by atoms with E-state index in [1.165, 1.54) is 0 Å². The molecule has 0 aromatic heterocycles. The summed E-state index contributed by atoms with van der Waals surface area (Å²) in [5.41, 5.74) is 0.930. The molecule has 2 N–H and O–H groups in total. The number of nitrogens with zero attached hydrogens (tertiary/aromatic N) is 2. The quantitative estimate of drug-likeness (QED) is 0.637. The largest absolute Gasteiger partial charge is 0.359 e. The van der Waals surface area contributed by atoms with Gasteiger partial charge in [0.2, 0.25) is 0 Å². The summed E-state index contributed by atoms with van der Waals surface area (Å²) in [4.78, 5) is 30.0. The summed E-state index contributed by atoms with van der Waals surface area (Å²) in [6.07, 6.45) is 1.02. The van der Waals surface area contributed by atoms with Gasteiger partial charge in [-0.3, -0.25) is 9.69 Å². The highest BCUT2D eigenvalue weighted by atomic mass is 79.9. The number of halogens is 1. The molecule has 0 bridgehead atoms. The smallest absolute Gasteiger partial charge is 0.329 e. The van der Waals surface area contributed by atoms with E-state index in [-0.39, 0.29) is 0 Å². The number of piperidine rings is 1. The summed E-state index contributed by atoms with van der Waals surface area (Å²) in [6.45, 7) is 5.69. The Morgan fingerprint density at radius 3 is 2.42 bits per heavy atom. The van der Waals surface area contributed by atoms with Crippen LogP contribution in [-0.4, -0.2) is 54.0 Å². The molecule has 3 aliphatic heterocycles. The molecule has 2 aromatic carbocycles. The fourth-order valence-electron chi connectivity index (χ4n) is 4.79. The number of ether oxygens (including phenoxy) is 2. The van der Waals surface area contributed by atoms with Gasteiger partial charge in [0.05, 0.1) is 18.9 Å². The highest BCUT2D eigenvalue weighted by Gasteiger charge is 2.55. The summed E-state index contributed by atoms with van der Waals surface area (Å²) in [7, 11) is 0. The van der Waals surface area contributed by atoms with Gasteiger partial charge >= 0.3 is 6.03 Å². The molecule has 5 rings (SSSR count). The van der Waals surface area contributed by atoms with E-state index in [9.17, 15) is 14.7 Å². The molecule has 0 aliphatic carbocycles. The van der Waals surface area contributed by atoms with Crippen LogP contribution in [-0.2, 0) is 20.0 Å². The van der Waals surface area contributed by atoms with Crippen molar-refractivity contribution >= 4 is 39.2 Å². The number of hydrogen-bond donors (Lipinski definition) is 2. The van der Waals surface area contributed by atoms with E-state index < -0.39 is 23.5 Å². The van der Waals surface area contributed by atoms with Crippen molar-refractivity contribution in [1.82, 2.24) is 4.90 Å². The first kappa shape index (κ1) is 22.3. The van der Waals surface area contributed by atoms with Crippen molar-refractivity contribution in [3.05, 3.63) is 57.6 Å². The molecule has 2 saturated heterocycles. The molecule has 33 heavy (non-hydrogen) atoms. The lowest BCUT2D eigenvalue weighted by Crippen LogP contribution is -2.64. The molecule has 8 nitrogen and oxygen atoms in total. The Kier molecular flexibility index (Phi) is 5.48. The number of carbonyl (C=O) groups excluding carboxylic acids is 2. The topological polar surface area (TPSA) is 91.3 Å². The van der Waals surface area contributed by atoms with Crippen LogP contribution in [0.15, 0.2) is 40.9 Å². The van der Waals surface area contributed by atoms with Crippen LogP contribution >= 0.6 is 15.9 Å². The third kappa shape index (κ3) is 3.63. The number of amides is 3. The monoisotopic (exact) mass is 515 g/mol. The van der Waals surface area contributed by atoms with E-state index in [4.69, 9.17) is 9.47 Å². The average molecular weight is 516 g/mol. The number of carbonyl (C=O) groups is 2. The lowest BCUT2D eigenvalue weighted by Gasteiger charge is -2.46. The molecule has 1 spiro atoms. The highest BCUT2D eigenvalue weighted by molar-refractivity contribution is 9.10. The van der Waals surface area contributed by atoms with Gasteiger partial charge in [0.25, 0.3) is 11.6 Å². The Morgan fingerprint density at radius 2 is 1.76 bits per heavy atom. The second kappa shape index (κ2) is 8.09. The number of fused-ring (bicyclic) bond motifs is 1. The fraction of sp³-hybridized carbons (Fsp3) is 0.417. The van der Waals surface area contributed by atoms with Crippen molar-refractivity contribution < 1.29 is 24.2 Å². The molecule has 2 aromatic rings. The first-order valence-corrected chi connectivity index (χ1v) is 11.8. The van der Waals surface area contributed by atoms with Crippen LogP contribution in [0, 0.1) is 13.8 Å². The molecule has 2 fully saturated rings. The van der Waals surface area contributed by atoms with Crippen LogP contribution in [0.25, 0.3) is 0 Å². The Balaban J connectivity index is 1.58. The number of hydrogen-bond acceptors (Lipinski definition) is 5. The lowest BCUT2D eigenvalue weighted by molar-refractivity contribution is -0.192. The van der Waals surface area contributed by atoms with Crippen molar-refractivity contribution in [2.45, 2.75) is 38.2 Å². The van der Waals surface area contributed by atoms with E-state index in [1.54, 1.807) is 29.2 Å².